The summed E-state index contributed by atoms with van der Waals surface area (Å²) in [6.45, 7) is 2.02. The van der Waals surface area contributed by atoms with Crippen LogP contribution in [0.1, 0.15) is 30.9 Å². The minimum atomic E-state index is -0.419. The Bertz CT molecular complexity index is 465. The van der Waals surface area contributed by atoms with Crippen molar-refractivity contribution in [2.45, 2.75) is 31.0 Å². The molecule has 98 valence electrons. The Morgan fingerprint density at radius 2 is 2.33 bits per heavy atom. The summed E-state index contributed by atoms with van der Waals surface area (Å²) in [5.74, 6) is 0.840. The van der Waals surface area contributed by atoms with Crippen molar-refractivity contribution < 1.29 is 9.84 Å². The highest BCUT2D eigenvalue weighted by Gasteiger charge is 2.42. The maximum atomic E-state index is 10.4. The number of halogens is 1. The number of hydrogen-bond acceptors (Lipinski definition) is 3. The van der Waals surface area contributed by atoms with Crippen LogP contribution in [-0.4, -0.2) is 35.7 Å². The molecule has 3 nitrogen and oxygen atoms in total. The van der Waals surface area contributed by atoms with Crippen LogP contribution in [0.2, 0.25) is 0 Å². The molecule has 2 heterocycles. The molecule has 0 saturated carbocycles. The van der Waals surface area contributed by atoms with Crippen LogP contribution >= 0.6 is 15.9 Å². The number of piperidine rings is 1. The van der Waals surface area contributed by atoms with Gasteiger partial charge in [-0.25, -0.2) is 0 Å². The fourth-order valence-corrected chi connectivity index (χ4v) is 3.56. The zero-order valence-electron chi connectivity index (χ0n) is 10.5. The Hall–Kier alpha value is -0.580. The molecular formula is C14H18BrNO2. The van der Waals surface area contributed by atoms with Crippen LogP contribution in [0.15, 0.2) is 22.7 Å². The maximum Gasteiger partial charge on any atom is 0.126 e. The highest BCUT2D eigenvalue weighted by molar-refractivity contribution is 9.10. The number of aliphatic hydroxyl groups is 1. The molecule has 2 atom stereocenters. The van der Waals surface area contributed by atoms with Gasteiger partial charge in [0.1, 0.15) is 11.4 Å². The molecule has 0 amide bonds. The van der Waals surface area contributed by atoms with Crippen LogP contribution in [0.4, 0.5) is 0 Å². The molecule has 2 aliphatic rings. The SMILES string of the molecule is CN1CCCC2(CC(O)c3cc(Br)ccc3O2)C1. The predicted octanol–water partition coefficient (Wildman–Crippen LogP) is 2.73. The summed E-state index contributed by atoms with van der Waals surface area (Å²) in [6.07, 6.45) is 2.44. The number of benzene rings is 1. The van der Waals surface area contributed by atoms with E-state index < -0.39 is 6.10 Å². The van der Waals surface area contributed by atoms with E-state index in [0.717, 1.165) is 41.7 Å². The van der Waals surface area contributed by atoms with Crippen molar-refractivity contribution in [2.24, 2.45) is 0 Å². The normalized spacial score (nSPS) is 32.1. The first-order chi connectivity index (χ1) is 8.58. The number of likely N-dealkylation sites (tertiary alicyclic amines) is 1. The van der Waals surface area contributed by atoms with Gasteiger partial charge < -0.3 is 14.7 Å². The van der Waals surface area contributed by atoms with Crippen molar-refractivity contribution in [1.82, 2.24) is 4.90 Å². The molecule has 2 unspecified atom stereocenters. The summed E-state index contributed by atoms with van der Waals surface area (Å²) in [5.41, 5.74) is 0.705. The van der Waals surface area contributed by atoms with Crippen molar-refractivity contribution in [1.29, 1.82) is 0 Å². The van der Waals surface area contributed by atoms with E-state index in [1.54, 1.807) is 0 Å². The molecule has 0 aliphatic carbocycles. The quantitative estimate of drug-likeness (QED) is 0.799. The lowest BCUT2D eigenvalue weighted by Crippen LogP contribution is -2.52. The largest absolute Gasteiger partial charge is 0.485 e. The van der Waals surface area contributed by atoms with Gasteiger partial charge in [0, 0.05) is 23.0 Å². The van der Waals surface area contributed by atoms with Crippen LogP contribution in [0, 0.1) is 0 Å². The topological polar surface area (TPSA) is 32.7 Å². The highest BCUT2D eigenvalue weighted by Crippen LogP contribution is 2.43. The number of hydrogen-bond donors (Lipinski definition) is 1. The Morgan fingerprint density at radius 1 is 1.50 bits per heavy atom. The van der Waals surface area contributed by atoms with Crippen molar-refractivity contribution in [3.05, 3.63) is 28.2 Å². The van der Waals surface area contributed by atoms with Gasteiger partial charge >= 0.3 is 0 Å². The molecule has 18 heavy (non-hydrogen) atoms. The lowest BCUT2D eigenvalue weighted by Gasteiger charge is -2.45. The fraction of sp³-hybridized carbons (Fsp3) is 0.571. The van der Waals surface area contributed by atoms with E-state index in [1.807, 2.05) is 18.2 Å². The van der Waals surface area contributed by atoms with E-state index in [2.05, 4.69) is 27.9 Å². The first-order valence-electron chi connectivity index (χ1n) is 6.43. The molecule has 1 aromatic rings. The van der Waals surface area contributed by atoms with Gasteiger partial charge in [0.05, 0.1) is 6.10 Å². The smallest absolute Gasteiger partial charge is 0.126 e. The van der Waals surface area contributed by atoms with Crippen molar-refractivity contribution in [3.8, 4) is 5.75 Å². The molecule has 1 aromatic carbocycles. The van der Waals surface area contributed by atoms with Crippen molar-refractivity contribution in [3.63, 3.8) is 0 Å². The third-order valence-corrected chi connectivity index (χ3v) is 4.45. The minimum absolute atomic E-state index is 0.201. The Balaban J connectivity index is 1.93. The number of likely N-dealkylation sites (N-methyl/N-ethyl adjacent to an activating group) is 1. The van der Waals surface area contributed by atoms with Crippen LogP contribution in [0.5, 0.6) is 5.75 Å². The Kier molecular flexibility index (Phi) is 3.12. The molecule has 1 N–H and O–H groups in total. The molecule has 1 spiro atoms. The molecule has 0 radical (unpaired) electrons. The number of fused-ring (bicyclic) bond motifs is 1. The third kappa shape index (κ3) is 2.17. The lowest BCUT2D eigenvalue weighted by molar-refractivity contribution is -0.0554. The second-order valence-electron chi connectivity index (χ2n) is 5.53. The van der Waals surface area contributed by atoms with E-state index in [-0.39, 0.29) is 5.60 Å². The number of aliphatic hydroxyl groups excluding tert-OH is 1. The first kappa shape index (κ1) is 12.5. The zero-order valence-corrected chi connectivity index (χ0v) is 12.1. The lowest BCUT2D eigenvalue weighted by atomic mass is 9.83. The monoisotopic (exact) mass is 311 g/mol. The highest BCUT2D eigenvalue weighted by atomic mass is 79.9. The molecule has 0 aromatic heterocycles. The van der Waals surface area contributed by atoms with Gasteiger partial charge in [-0.3, -0.25) is 0 Å². The number of nitrogens with zero attached hydrogens (tertiary/aromatic N) is 1. The Labute approximate surface area is 116 Å². The standard InChI is InChI=1S/C14H18BrNO2/c1-16-6-2-5-14(9-16)8-12(17)11-7-10(15)3-4-13(11)18-14/h3-4,7,12,17H,2,5-6,8-9H2,1H3. The van der Waals surface area contributed by atoms with Gasteiger partial charge in [0.15, 0.2) is 0 Å². The van der Waals surface area contributed by atoms with Crippen LogP contribution in [-0.2, 0) is 0 Å². The molecule has 3 rings (SSSR count). The summed E-state index contributed by atoms with van der Waals surface area (Å²) in [4.78, 5) is 2.29. The summed E-state index contributed by atoms with van der Waals surface area (Å²) >= 11 is 3.44. The Morgan fingerprint density at radius 3 is 3.11 bits per heavy atom. The van der Waals surface area contributed by atoms with Gasteiger partial charge in [-0.2, -0.15) is 0 Å². The summed E-state index contributed by atoms with van der Waals surface area (Å²) < 4.78 is 7.22. The van der Waals surface area contributed by atoms with E-state index in [4.69, 9.17) is 4.74 Å². The average molecular weight is 312 g/mol. The molecule has 1 fully saturated rings. The molecule has 2 aliphatic heterocycles. The van der Waals surface area contributed by atoms with Gasteiger partial charge in [0.2, 0.25) is 0 Å². The predicted molar refractivity (Wildman–Crippen MR) is 73.8 cm³/mol. The van der Waals surface area contributed by atoms with E-state index in [1.165, 1.54) is 0 Å². The first-order valence-corrected chi connectivity index (χ1v) is 7.22. The van der Waals surface area contributed by atoms with E-state index in [0.29, 0.717) is 6.42 Å². The maximum absolute atomic E-state index is 10.4. The molecular weight excluding hydrogens is 294 g/mol. The number of ether oxygens (including phenoxy) is 1. The average Bonchev–Trinajstić information content (AvgIpc) is 2.30. The molecule has 0 bridgehead atoms. The second-order valence-corrected chi connectivity index (χ2v) is 6.44. The summed E-state index contributed by atoms with van der Waals surface area (Å²) in [6, 6.07) is 5.88. The van der Waals surface area contributed by atoms with Crippen LogP contribution in [0.3, 0.4) is 0 Å². The van der Waals surface area contributed by atoms with Gasteiger partial charge in [-0.05, 0) is 44.6 Å². The fourth-order valence-electron chi connectivity index (χ4n) is 3.18. The summed E-state index contributed by atoms with van der Waals surface area (Å²) in [7, 11) is 2.12. The van der Waals surface area contributed by atoms with Gasteiger partial charge in [-0.15, -0.1) is 0 Å². The van der Waals surface area contributed by atoms with Gasteiger partial charge in [0.25, 0.3) is 0 Å². The van der Waals surface area contributed by atoms with Crippen LogP contribution < -0.4 is 4.74 Å². The zero-order chi connectivity index (χ0) is 12.8. The number of rotatable bonds is 0. The van der Waals surface area contributed by atoms with E-state index >= 15 is 0 Å². The van der Waals surface area contributed by atoms with E-state index in [9.17, 15) is 5.11 Å². The second kappa shape index (κ2) is 4.51. The molecule has 4 heteroatoms. The van der Waals surface area contributed by atoms with Crippen molar-refractivity contribution >= 4 is 15.9 Å². The van der Waals surface area contributed by atoms with Crippen LogP contribution in [0.25, 0.3) is 0 Å². The third-order valence-electron chi connectivity index (χ3n) is 3.95. The summed E-state index contributed by atoms with van der Waals surface area (Å²) in [5, 5.41) is 10.4. The van der Waals surface area contributed by atoms with Crippen molar-refractivity contribution in [2.75, 3.05) is 20.1 Å². The van der Waals surface area contributed by atoms with Gasteiger partial charge in [-0.1, -0.05) is 15.9 Å². The molecule has 1 saturated heterocycles. The minimum Gasteiger partial charge on any atom is -0.485 e.